The molecule has 0 radical (unpaired) electrons. The first kappa shape index (κ1) is 14.8. The van der Waals surface area contributed by atoms with Crippen molar-refractivity contribution in [3.8, 4) is 0 Å². The molecule has 1 aliphatic rings. The summed E-state index contributed by atoms with van der Waals surface area (Å²) in [4.78, 5) is 12.9. The molecule has 0 bridgehead atoms. The van der Waals surface area contributed by atoms with Gasteiger partial charge in [0.25, 0.3) is 0 Å². The van der Waals surface area contributed by atoms with Crippen molar-refractivity contribution in [3.05, 3.63) is 28.4 Å². The van der Waals surface area contributed by atoms with Crippen LogP contribution in [0.5, 0.6) is 0 Å². The van der Waals surface area contributed by atoms with Gasteiger partial charge in [-0.15, -0.1) is 0 Å². The fraction of sp³-hybridized carbons (Fsp3) is 0.500. The van der Waals surface area contributed by atoms with Crippen LogP contribution in [0.4, 0.5) is 5.82 Å². The number of pyridine rings is 1. The second-order valence-corrected chi connectivity index (χ2v) is 6.23. The molecule has 0 aromatic carbocycles. The van der Waals surface area contributed by atoms with Crippen LogP contribution in [0.2, 0.25) is 0 Å². The van der Waals surface area contributed by atoms with Crippen molar-refractivity contribution in [1.29, 1.82) is 0 Å². The summed E-state index contributed by atoms with van der Waals surface area (Å²) in [5, 5.41) is 20.4. The van der Waals surface area contributed by atoms with E-state index in [1.54, 1.807) is 0 Å². The number of nitro groups is 1. The second kappa shape index (κ2) is 5.40. The van der Waals surface area contributed by atoms with E-state index in [1.807, 2.05) is 0 Å². The van der Waals surface area contributed by atoms with Crippen LogP contribution < -0.4 is 4.72 Å². The van der Waals surface area contributed by atoms with E-state index in [0.717, 1.165) is 18.3 Å². The maximum Gasteiger partial charge on any atom is 0.363 e. The van der Waals surface area contributed by atoms with Crippen LogP contribution in [-0.4, -0.2) is 48.8 Å². The fourth-order valence-electron chi connectivity index (χ4n) is 1.69. The summed E-state index contributed by atoms with van der Waals surface area (Å²) in [6.45, 7) is 0.248. The Bertz CT molecular complexity index is 594. The average Bonchev–Trinajstić information content (AvgIpc) is 2.84. The first-order valence-electron chi connectivity index (χ1n) is 5.73. The molecular weight excluding hydrogens is 290 g/mol. The molecule has 1 aromatic heterocycles. The zero-order valence-electron chi connectivity index (χ0n) is 10.4. The van der Waals surface area contributed by atoms with Gasteiger partial charge < -0.3 is 20.0 Å². The molecule has 110 valence electrons. The van der Waals surface area contributed by atoms with Crippen molar-refractivity contribution < 1.29 is 23.2 Å². The topological polar surface area (TPSA) is 132 Å². The van der Waals surface area contributed by atoms with Crippen LogP contribution in [0.15, 0.2) is 23.2 Å². The summed E-state index contributed by atoms with van der Waals surface area (Å²) >= 11 is 0. The van der Waals surface area contributed by atoms with E-state index in [1.165, 1.54) is 0 Å². The van der Waals surface area contributed by atoms with Crippen molar-refractivity contribution in [2.45, 2.75) is 16.9 Å². The van der Waals surface area contributed by atoms with Crippen molar-refractivity contribution >= 4 is 15.8 Å². The van der Waals surface area contributed by atoms with E-state index in [4.69, 9.17) is 4.74 Å². The number of nitrogens with zero attached hydrogens (tertiary/aromatic N) is 2. The van der Waals surface area contributed by atoms with Gasteiger partial charge in [-0.3, -0.25) is 0 Å². The van der Waals surface area contributed by atoms with Crippen molar-refractivity contribution in [2.75, 3.05) is 19.8 Å². The predicted molar refractivity (Wildman–Crippen MR) is 66.5 cm³/mol. The monoisotopic (exact) mass is 303 g/mol. The number of rotatable bonds is 5. The molecule has 0 saturated carbocycles. The van der Waals surface area contributed by atoms with Crippen LogP contribution in [-0.2, 0) is 14.8 Å². The molecule has 2 N–H and O–H groups in total. The van der Waals surface area contributed by atoms with Gasteiger partial charge >= 0.3 is 5.82 Å². The molecule has 1 atom stereocenters. The summed E-state index contributed by atoms with van der Waals surface area (Å²) in [5.74, 6) is -0.438. The van der Waals surface area contributed by atoms with Gasteiger partial charge in [0, 0.05) is 25.6 Å². The van der Waals surface area contributed by atoms with Crippen molar-refractivity contribution in [2.24, 2.45) is 0 Å². The van der Waals surface area contributed by atoms with E-state index >= 15 is 0 Å². The largest absolute Gasteiger partial charge is 0.386 e. The molecule has 2 heterocycles. The van der Waals surface area contributed by atoms with E-state index in [-0.39, 0.29) is 18.0 Å². The third kappa shape index (κ3) is 3.28. The summed E-state index contributed by atoms with van der Waals surface area (Å²) in [6.07, 6.45) is 1.24. The van der Waals surface area contributed by atoms with Gasteiger partial charge in [-0.2, -0.15) is 0 Å². The summed E-state index contributed by atoms with van der Waals surface area (Å²) in [7, 11) is -3.88. The SMILES string of the molecule is O=[N+]([O-])c1ccc(S(=O)(=O)NCC2(O)CCOC2)cn1. The standard InChI is InChI=1S/C10H13N3O6S/c14-10(3-4-19-7-10)6-12-20(17,18)8-1-2-9(11-5-8)13(15)16/h1-2,5,12,14H,3-4,6-7H2. The molecule has 10 heteroatoms. The van der Waals surface area contributed by atoms with E-state index < -0.39 is 26.4 Å². The Balaban J connectivity index is 2.08. The minimum absolute atomic E-state index is 0.0635. The summed E-state index contributed by atoms with van der Waals surface area (Å²) in [6, 6.07) is 2.09. The molecule has 1 saturated heterocycles. The van der Waals surface area contributed by atoms with E-state index in [2.05, 4.69) is 9.71 Å². The van der Waals surface area contributed by atoms with Crippen LogP contribution >= 0.6 is 0 Å². The van der Waals surface area contributed by atoms with Gasteiger partial charge in [-0.1, -0.05) is 0 Å². The zero-order chi connectivity index (χ0) is 14.8. The number of sulfonamides is 1. The first-order valence-corrected chi connectivity index (χ1v) is 7.21. The predicted octanol–water partition coefficient (Wildman–Crippen LogP) is -0.581. The fourth-order valence-corrected chi connectivity index (χ4v) is 2.75. The number of hydrogen-bond donors (Lipinski definition) is 2. The van der Waals surface area contributed by atoms with E-state index in [9.17, 15) is 23.6 Å². The number of ether oxygens (including phenoxy) is 1. The molecule has 0 spiro atoms. The number of nitrogens with one attached hydrogen (secondary N) is 1. The van der Waals surface area contributed by atoms with Gasteiger partial charge in [0.05, 0.1) is 6.61 Å². The Morgan fingerprint density at radius 3 is 2.80 bits per heavy atom. The van der Waals surface area contributed by atoms with Crippen LogP contribution in [0.3, 0.4) is 0 Å². The van der Waals surface area contributed by atoms with Crippen molar-refractivity contribution in [1.82, 2.24) is 9.71 Å². The minimum atomic E-state index is -3.88. The Morgan fingerprint density at radius 1 is 1.55 bits per heavy atom. The molecule has 1 aromatic rings. The lowest BCUT2D eigenvalue weighted by Crippen LogP contribution is -2.43. The van der Waals surface area contributed by atoms with Gasteiger partial charge in [-0.25, -0.2) is 13.1 Å². The molecular formula is C10H13N3O6S. The van der Waals surface area contributed by atoms with Crippen LogP contribution in [0, 0.1) is 10.1 Å². The second-order valence-electron chi connectivity index (χ2n) is 4.46. The number of aromatic nitrogens is 1. The highest BCUT2D eigenvalue weighted by atomic mass is 32.2. The normalized spacial score (nSPS) is 22.9. The Morgan fingerprint density at radius 2 is 2.30 bits per heavy atom. The molecule has 9 nitrogen and oxygen atoms in total. The van der Waals surface area contributed by atoms with Gasteiger partial charge in [0.1, 0.15) is 10.5 Å². The minimum Gasteiger partial charge on any atom is -0.386 e. The molecule has 2 rings (SSSR count). The number of hydrogen-bond acceptors (Lipinski definition) is 7. The quantitative estimate of drug-likeness (QED) is 0.549. The Hall–Kier alpha value is -1.62. The lowest BCUT2D eigenvalue weighted by Gasteiger charge is -2.20. The maximum atomic E-state index is 11.9. The van der Waals surface area contributed by atoms with Gasteiger partial charge in [0.15, 0.2) is 6.20 Å². The highest BCUT2D eigenvalue weighted by Gasteiger charge is 2.34. The lowest BCUT2D eigenvalue weighted by molar-refractivity contribution is -0.389. The number of aliphatic hydroxyl groups is 1. The molecule has 0 amide bonds. The first-order chi connectivity index (χ1) is 9.32. The third-order valence-electron chi connectivity index (χ3n) is 2.89. The van der Waals surface area contributed by atoms with Gasteiger partial charge in [0.2, 0.25) is 10.0 Å². The lowest BCUT2D eigenvalue weighted by atomic mass is 10.1. The van der Waals surface area contributed by atoms with Crippen molar-refractivity contribution in [3.63, 3.8) is 0 Å². The summed E-state index contributed by atoms with van der Waals surface area (Å²) < 4.78 is 31.1. The molecule has 1 fully saturated rings. The molecule has 20 heavy (non-hydrogen) atoms. The van der Waals surface area contributed by atoms with E-state index in [0.29, 0.717) is 13.0 Å². The highest BCUT2D eigenvalue weighted by Crippen LogP contribution is 2.18. The van der Waals surface area contributed by atoms with Crippen LogP contribution in [0.25, 0.3) is 0 Å². The average molecular weight is 303 g/mol. The maximum absolute atomic E-state index is 11.9. The van der Waals surface area contributed by atoms with Gasteiger partial charge in [-0.05, 0) is 16.0 Å². The summed E-state index contributed by atoms with van der Waals surface area (Å²) in [5.41, 5.74) is -1.22. The Labute approximate surface area is 114 Å². The highest BCUT2D eigenvalue weighted by molar-refractivity contribution is 7.89. The molecule has 1 unspecified atom stereocenters. The molecule has 0 aliphatic carbocycles. The Kier molecular flexibility index (Phi) is 3.99. The molecule has 1 aliphatic heterocycles. The van der Waals surface area contributed by atoms with Crippen LogP contribution in [0.1, 0.15) is 6.42 Å². The smallest absolute Gasteiger partial charge is 0.363 e. The third-order valence-corrected chi connectivity index (χ3v) is 4.28. The zero-order valence-corrected chi connectivity index (χ0v) is 11.2.